The topological polar surface area (TPSA) is 228 Å². The number of aromatic hydroxyl groups is 1. The summed E-state index contributed by atoms with van der Waals surface area (Å²) >= 11 is 1.54. The van der Waals surface area contributed by atoms with E-state index in [0.717, 1.165) is 0 Å². The predicted octanol–water partition coefficient (Wildman–Crippen LogP) is -0.514. The molecule has 4 atom stereocenters. The van der Waals surface area contributed by atoms with Crippen molar-refractivity contribution in [2.75, 3.05) is 12.0 Å². The summed E-state index contributed by atoms with van der Waals surface area (Å²) in [5.41, 5.74) is 7.66. The number of imidazole rings is 2. The van der Waals surface area contributed by atoms with Crippen LogP contribution in [0.15, 0.2) is 49.3 Å². The number of hydrogen-bond acceptors (Lipinski definition) is 9. The third kappa shape index (κ3) is 9.95. The van der Waals surface area contributed by atoms with Crippen LogP contribution in [0.4, 0.5) is 0 Å². The molecule has 2 aromatic heterocycles. The lowest BCUT2D eigenvalue weighted by atomic mass is 10.0. The number of aliphatic carboxylic acids is 1. The van der Waals surface area contributed by atoms with Crippen molar-refractivity contribution in [2.24, 2.45) is 5.73 Å². The summed E-state index contributed by atoms with van der Waals surface area (Å²) in [6, 6.07) is 1.46. The van der Waals surface area contributed by atoms with E-state index in [2.05, 4.69) is 35.9 Å². The number of phenolic OH excluding ortho intramolecular Hbond substituents is 1. The number of carbonyl (C=O) groups excluding carboxylic acids is 3. The molecule has 0 aliphatic rings. The second-order valence-corrected chi connectivity index (χ2v) is 10.3. The van der Waals surface area contributed by atoms with Gasteiger partial charge in [-0.25, -0.2) is 14.8 Å². The quantitative estimate of drug-likeness (QED) is 0.107. The Morgan fingerprint density at radius 3 is 1.83 bits per heavy atom. The monoisotopic (exact) mass is 586 g/mol. The molecule has 9 N–H and O–H groups in total. The highest BCUT2D eigenvalue weighted by Gasteiger charge is 2.31. The number of aromatic nitrogens is 4. The van der Waals surface area contributed by atoms with Crippen LogP contribution in [0.25, 0.3) is 0 Å². The Bertz CT molecular complexity index is 1270. The molecule has 1 aromatic carbocycles. The summed E-state index contributed by atoms with van der Waals surface area (Å²) in [5, 5.41) is 27.1. The SMILES string of the molecule is CSCCC(N)C(=O)NC(Cc1cnc[nH]1)C(=O)NC(Cc1cnc[nH]1)C(=O)NC(Cc1ccc(O)cc1)C(=O)O. The van der Waals surface area contributed by atoms with E-state index in [4.69, 9.17) is 5.73 Å². The molecule has 4 unspecified atom stereocenters. The molecule has 0 spiro atoms. The number of thioether (sulfide) groups is 1. The number of nitrogens with one attached hydrogen (secondary N) is 5. The molecule has 0 radical (unpaired) electrons. The van der Waals surface area contributed by atoms with Crippen molar-refractivity contribution in [3.63, 3.8) is 0 Å². The number of nitrogens with two attached hydrogens (primary N) is 1. The first-order chi connectivity index (χ1) is 19.7. The van der Waals surface area contributed by atoms with Crippen LogP contribution < -0.4 is 21.7 Å². The van der Waals surface area contributed by atoms with Gasteiger partial charge in [-0.3, -0.25) is 14.4 Å². The molecule has 0 fully saturated rings. The standard InChI is InChI=1S/C26H34N8O6S/c1-41-7-6-19(27)23(36)32-20(9-16-11-28-13-30-16)24(37)33-21(10-17-12-29-14-31-17)25(38)34-22(26(39)40)8-15-2-4-18(35)5-3-15/h2-5,11-14,19-22,35H,6-10,27H2,1H3,(H,28,30)(H,29,31)(H,32,36)(H,33,37)(H,34,38)(H,39,40). The third-order valence-electron chi connectivity index (χ3n) is 6.18. The van der Waals surface area contributed by atoms with Crippen molar-refractivity contribution in [2.45, 2.75) is 49.9 Å². The Kier molecular flexibility index (Phi) is 11.7. The molecule has 14 nitrogen and oxygen atoms in total. The van der Waals surface area contributed by atoms with Crippen LogP contribution in [0.3, 0.4) is 0 Å². The van der Waals surface area contributed by atoms with Gasteiger partial charge in [0.25, 0.3) is 0 Å². The Hall–Kier alpha value is -4.37. The van der Waals surface area contributed by atoms with E-state index >= 15 is 0 Å². The van der Waals surface area contributed by atoms with E-state index in [0.29, 0.717) is 29.1 Å². The van der Waals surface area contributed by atoms with E-state index in [-0.39, 0.29) is 25.0 Å². The minimum atomic E-state index is -1.32. The number of carboxylic acids is 1. The maximum Gasteiger partial charge on any atom is 0.326 e. The van der Waals surface area contributed by atoms with Gasteiger partial charge in [0.1, 0.15) is 23.9 Å². The molecule has 0 aliphatic heterocycles. The normalized spacial score (nSPS) is 13.9. The highest BCUT2D eigenvalue weighted by molar-refractivity contribution is 7.98. The zero-order valence-corrected chi connectivity index (χ0v) is 23.2. The van der Waals surface area contributed by atoms with Crippen LogP contribution in [0.1, 0.15) is 23.4 Å². The van der Waals surface area contributed by atoms with Gasteiger partial charge in [-0.05, 0) is 36.1 Å². The van der Waals surface area contributed by atoms with Gasteiger partial charge < -0.3 is 41.9 Å². The molecular formula is C26H34N8O6S. The van der Waals surface area contributed by atoms with E-state index < -0.39 is 47.9 Å². The summed E-state index contributed by atoms with van der Waals surface area (Å²) < 4.78 is 0. The van der Waals surface area contributed by atoms with Gasteiger partial charge >= 0.3 is 5.97 Å². The van der Waals surface area contributed by atoms with Crippen LogP contribution >= 0.6 is 11.8 Å². The van der Waals surface area contributed by atoms with Gasteiger partial charge in [0.15, 0.2) is 0 Å². The highest BCUT2D eigenvalue weighted by Crippen LogP contribution is 2.12. The van der Waals surface area contributed by atoms with Crippen molar-refractivity contribution >= 4 is 35.5 Å². The lowest BCUT2D eigenvalue weighted by molar-refractivity contribution is -0.142. The smallest absolute Gasteiger partial charge is 0.326 e. The largest absolute Gasteiger partial charge is 0.508 e. The number of rotatable bonds is 16. The molecule has 0 saturated carbocycles. The Morgan fingerprint density at radius 2 is 1.37 bits per heavy atom. The summed E-state index contributed by atoms with van der Waals surface area (Å²) in [6.45, 7) is 0. The zero-order chi connectivity index (χ0) is 29.8. The Balaban J connectivity index is 1.78. The second-order valence-electron chi connectivity index (χ2n) is 9.34. The molecule has 0 aliphatic carbocycles. The lowest BCUT2D eigenvalue weighted by Gasteiger charge is -2.25. The minimum absolute atomic E-state index is 0.0222. The number of H-pyrrole nitrogens is 2. The number of phenols is 1. The number of carbonyl (C=O) groups is 4. The van der Waals surface area contributed by atoms with Crippen molar-refractivity contribution in [1.29, 1.82) is 0 Å². The predicted molar refractivity (Wildman–Crippen MR) is 151 cm³/mol. The summed E-state index contributed by atoms with van der Waals surface area (Å²) in [6.07, 6.45) is 8.10. The number of carboxylic acid groups (broad SMARTS) is 1. The van der Waals surface area contributed by atoms with Gasteiger partial charge in [-0.15, -0.1) is 0 Å². The van der Waals surface area contributed by atoms with Crippen molar-refractivity contribution in [3.8, 4) is 5.75 Å². The summed E-state index contributed by atoms with van der Waals surface area (Å²) in [4.78, 5) is 65.2. The summed E-state index contributed by atoms with van der Waals surface area (Å²) in [5.74, 6) is -2.53. The molecule has 15 heteroatoms. The van der Waals surface area contributed by atoms with Gasteiger partial charge in [0.2, 0.25) is 17.7 Å². The fourth-order valence-electron chi connectivity index (χ4n) is 3.92. The first kappa shape index (κ1) is 31.2. The van der Waals surface area contributed by atoms with Crippen molar-refractivity contribution in [3.05, 3.63) is 66.3 Å². The second kappa shape index (κ2) is 15.4. The zero-order valence-electron chi connectivity index (χ0n) is 22.4. The number of aromatic amines is 2. The van der Waals surface area contributed by atoms with Crippen molar-refractivity contribution < 1.29 is 29.4 Å². The average molecular weight is 587 g/mol. The Morgan fingerprint density at radius 1 is 0.854 bits per heavy atom. The lowest BCUT2D eigenvalue weighted by Crippen LogP contribution is -2.58. The molecule has 41 heavy (non-hydrogen) atoms. The number of nitrogens with zero attached hydrogens (tertiary/aromatic N) is 2. The highest BCUT2D eigenvalue weighted by atomic mass is 32.2. The third-order valence-corrected chi connectivity index (χ3v) is 6.83. The first-order valence-electron chi connectivity index (χ1n) is 12.8. The van der Waals surface area contributed by atoms with E-state index in [9.17, 15) is 29.4 Å². The summed E-state index contributed by atoms with van der Waals surface area (Å²) in [7, 11) is 0. The van der Waals surface area contributed by atoms with Crippen LogP contribution in [-0.4, -0.2) is 90.0 Å². The average Bonchev–Trinajstić information content (AvgIpc) is 3.66. The van der Waals surface area contributed by atoms with Gasteiger partial charge in [-0.1, -0.05) is 12.1 Å². The van der Waals surface area contributed by atoms with Crippen LogP contribution in [0.2, 0.25) is 0 Å². The number of hydrogen-bond donors (Lipinski definition) is 8. The number of benzene rings is 1. The van der Waals surface area contributed by atoms with Gasteiger partial charge in [0, 0.05) is 43.0 Å². The van der Waals surface area contributed by atoms with Crippen LogP contribution in [-0.2, 0) is 38.4 Å². The maximum absolute atomic E-state index is 13.5. The van der Waals surface area contributed by atoms with Crippen LogP contribution in [0, 0.1) is 0 Å². The minimum Gasteiger partial charge on any atom is -0.508 e. The molecule has 3 rings (SSSR count). The molecule has 0 saturated heterocycles. The van der Waals surface area contributed by atoms with Crippen LogP contribution in [0.5, 0.6) is 5.75 Å². The number of amides is 3. The fraction of sp³-hybridized carbons (Fsp3) is 0.385. The molecule has 220 valence electrons. The maximum atomic E-state index is 13.5. The molecular weight excluding hydrogens is 552 g/mol. The molecule has 3 amide bonds. The molecule has 0 bridgehead atoms. The fourth-order valence-corrected chi connectivity index (χ4v) is 4.41. The van der Waals surface area contributed by atoms with Gasteiger partial charge in [-0.2, -0.15) is 11.8 Å². The van der Waals surface area contributed by atoms with E-state index in [1.807, 2.05) is 6.26 Å². The Labute approximate surface area is 240 Å². The van der Waals surface area contributed by atoms with Gasteiger partial charge in [0.05, 0.1) is 18.7 Å². The van der Waals surface area contributed by atoms with E-state index in [1.54, 1.807) is 12.1 Å². The molecule has 2 heterocycles. The molecule has 3 aromatic rings. The van der Waals surface area contributed by atoms with E-state index in [1.165, 1.54) is 48.9 Å². The van der Waals surface area contributed by atoms with Crippen molar-refractivity contribution in [1.82, 2.24) is 35.9 Å². The first-order valence-corrected chi connectivity index (χ1v) is 14.2.